The average Bonchev–Trinajstić information content (AvgIpc) is 2.70. The zero-order valence-electron chi connectivity index (χ0n) is 12.8. The van der Waals surface area contributed by atoms with Crippen molar-refractivity contribution in [3.05, 3.63) is 52.3 Å². The summed E-state index contributed by atoms with van der Waals surface area (Å²) in [6.45, 7) is 5.78. The van der Waals surface area contributed by atoms with E-state index in [2.05, 4.69) is 10.4 Å². The van der Waals surface area contributed by atoms with Gasteiger partial charge in [0.2, 0.25) is 0 Å². The van der Waals surface area contributed by atoms with Crippen LogP contribution >= 0.6 is 0 Å². The molecule has 2 N–H and O–H groups in total. The van der Waals surface area contributed by atoms with Crippen LogP contribution in [0.3, 0.4) is 0 Å². The van der Waals surface area contributed by atoms with Gasteiger partial charge in [-0.1, -0.05) is 24.3 Å². The number of carbonyl (C=O) groups is 1. The second kappa shape index (κ2) is 6.10. The molecular weight excluding hydrogens is 266 g/mol. The van der Waals surface area contributed by atoms with Crippen LogP contribution in [0.25, 0.3) is 0 Å². The number of hydrogen-bond acceptors (Lipinski definition) is 3. The maximum Gasteiger partial charge on any atom is 0.255 e. The van der Waals surface area contributed by atoms with E-state index in [9.17, 15) is 9.90 Å². The maximum absolute atomic E-state index is 12.2. The highest BCUT2D eigenvalue weighted by molar-refractivity contribution is 5.96. The van der Waals surface area contributed by atoms with E-state index in [1.807, 2.05) is 38.1 Å². The lowest BCUT2D eigenvalue weighted by Gasteiger charge is -2.14. The molecule has 0 bridgehead atoms. The number of benzene rings is 1. The first kappa shape index (κ1) is 15.3. The Morgan fingerprint density at radius 1 is 1.33 bits per heavy atom. The van der Waals surface area contributed by atoms with Crippen molar-refractivity contribution in [1.29, 1.82) is 0 Å². The molecule has 2 rings (SSSR count). The summed E-state index contributed by atoms with van der Waals surface area (Å²) in [6.07, 6.45) is -0.715. The zero-order valence-corrected chi connectivity index (χ0v) is 12.8. The lowest BCUT2D eigenvalue weighted by atomic mass is 10.0. The molecule has 1 unspecified atom stereocenters. The Bertz CT molecular complexity index is 662. The number of nitrogens with one attached hydrogen (secondary N) is 1. The molecule has 0 aliphatic rings. The van der Waals surface area contributed by atoms with Gasteiger partial charge < -0.3 is 10.4 Å². The van der Waals surface area contributed by atoms with Crippen LogP contribution in [0.15, 0.2) is 24.3 Å². The summed E-state index contributed by atoms with van der Waals surface area (Å²) in [5.74, 6) is -0.203. The maximum atomic E-state index is 12.2. The lowest BCUT2D eigenvalue weighted by molar-refractivity contribution is 0.0914. The fraction of sp³-hybridized carbons (Fsp3) is 0.375. The molecule has 0 aliphatic heterocycles. The summed E-state index contributed by atoms with van der Waals surface area (Å²) in [7, 11) is 1.81. The molecule has 5 heteroatoms. The summed E-state index contributed by atoms with van der Waals surface area (Å²) < 4.78 is 1.68. The molecule has 1 aromatic carbocycles. The fourth-order valence-corrected chi connectivity index (χ4v) is 2.45. The van der Waals surface area contributed by atoms with E-state index in [1.165, 1.54) is 0 Å². The topological polar surface area (TPSA) is 67.2 Å². The molecule has 0 radical (unpaired) electrons. The predicted molar refractivity (Wildman–Crippen MR) is 81.2 cm³/mol. The molecule has 0 saturated carbocycles. The average molecular weight is 287 g/mol. The minimum Gasteiger partial charge on any atom is -0.387 e. The second-order valence-corrected chi connectivity index (χ2v) is 5.25. The molecule has 0 aliphatic carbocycles. The van der Waals surface area contributed by atoms with Crippen molar-refractivity contribution in [3.8, 4) is 0 Å². The van der Waals surface area contributed by atoms with Crippen LogP contribution in [0.4, 0.5) is 0 Å². The van der Waals surface area contributed by atoms with Gasteiger partial charge in [-0.05, 0) is 31.9 Å². The number of nitrogens with zero attached hydrogens (tertiary/aromatic N) is 2. The number of aliphatic hydroxyl groups excluding tert-OH is 1. The van der Waals surface area contributed by atoms with Gasteiger partial charge >= 0.3 is 0 Å². The molecule has 1 heterocycles. The molecule has 1 aromatic heterocycles. The largest absolute Gasteiger partial charge is 0.387 e. The van der Waals surface area contributed by atoms with Crippen molar-refractivity contribution in [1.82, 2.24) is 15.1 Å². The van der Waals surface area contributed by atoms with Crippen molar-refractivity contribution >= 4 is 5.91 Å². The standard InChI is InChI=1S/C16H21N3O2/c1-10-7-5-6-8-13(10)14(20)9-17-16(21)15-11(2)18-19(4)12(15)3/h5-8,14,20H,9H2,1-4H3,(H,17,21). The predicted octanol–water partition coefficient (Wildman–Crippen LogP) is 1.81. The van der Waals surface area contributed by atoms with Gasteiger partial charge in [0.15, 0.2) is 0 Å². The summed E-state index contributed by atoms with van der Waals surface area (Å²) in [6, 6.07) is 7.61. The number of rotatable bonds is 4. The Labute approximate surface area is 124 Å². The normalized spacial score (nSPS) is 12.2. The van der Waals surface area contributed by atoms with E-state index in [4.69, 9.17) is 0 Å². The van der Waals surface area contributed by atoms with Gasteiger partial charge in [0.05, 0.1) is 17.4 Å². The fourth-order valence-electron chi connectivity index (χ4n) is 2.45. The molecule has 2 aromatic rings. The van der Waals surface area contributed by atoms with Gasteiger partial charge in [-0.2, -0.15) is 5.10 Å². The smallest absolute Gasteiger partial charge is 0.255 e. The highest BCUT2D eigenvalue weighted by Crippen LogP contribution is 2.17. The lowest BCUT2D eigenvalue weighted by Crippen LogP contribution is -2.29. The monoisotopic (exact) mass is 287 g/mol. The van der Waals surface area contributed by atoms with E-state index >= 15 is 0 Å². The highest BCUT2D eigenvalue weighted by Gasteiger charge is 2.18. The Morgan fingerprint density at radius 2 is 2.00 bits per heavy atom. The van der Waals surface area contributed by atoms with Crippen LogP contribution in [0.5, 0.6) is 0 Å². The molecule has 0 fully saturated rings. The van der Waals surface area contributed by atoms with Gasteiger partial charge in [-0.15, -0.1) is 0 Å². The molecule has 1 amide bonds. The Kier molecular flexibility index (Phi) is 4.43. The van der Waals surface area contributed by atoms with Crippen LogP contribution in [-0.4, -0.2) is 27.3 Å². The second-order valence-electron chi connectivity index (χ2n) is 5.25. The number of aryl methyl sites for hydroxylation is 3. The number of aliphatic hydroxyl groups is 1. The van der Waals surface area contributed by atoms with Crippen LogP contribution < -0.4 is 5.32 Å². The molecule has 21 heavy (non-hydrogen) atoms. The van der Waals surface area contributed by atoms with Crippen LogP contribution in [-0.2, 0) is 7.05 Å². The highest BCUT2D eigenvalue weighted by atomic mass is 16.3. The third-order valence-electron chi connectivity index (χ3n) is 3.74. The minimum absolute atomic E-state index is 0.178. The van der Waals surface area contributed by atoms with E-state index < -0.39 is 6.10 Å². The SMILES string of the molecule is Cc1ccccc1C(O)CNC(=O)c1c(C)nn(C)c1C. The van der Waals surface area contributed by atoms with Crippen molar-refractivity contribution in [2.45, 2.75) is 26.9 Å². The summed E-state index contributed by atoms with van der Waals surface area (Å²) >= 11 is 0. The van der Waals surface area contributed by atoms with Gasteiger partial charge in [-0.25, -0.2) is 0 Å². The number of hydrogen-bond donors (Lipinski definition) is 2. The molecular formula is C16H21N3O2. The summed E-state index contributed by atoms with van der Waals surface area (Å²) in [4.78, 5) is 12.2. The molecule has 5 nitrogen and oxygen atoms in total. The Morgan fingerprint density at radius 3 is 2.57 bits per heavy atom. The van der Waals surface area contributed by atoms with Crippen molar-refractivity contribution in [3.63, 3.8) is 0 Å². The van der Waals surface area contributed by atoms with Gasteiger partial charge in [-0.3, -0.25) is 9.48 Å². The Balaban J connectivity index is 2.06. The Hall–Kier alpha value is -2.14. The van der Waals surface area contributed by atoms with E-state index in [0.717, 1.165) is 16.8 Å². The number of aromatic nitrogens is 2. The van der Waals surface area contributed by atoms with Gasteiger partial charge in [0.25, 0.3) is 5.91 Å². The van der Waals surface area contributed by atoms with Gasteiger partial charge in [0, 0.05) is 19.3 Å². The van der Waals surface area contributed by atoms with E-state index in [-0.39, 0.29) is 12.5 Å². The van der Waals surface area contributed by atoms with Gasteiger partial charge in [0.1, 0.15) is 0 Å². The third kappa shape index (κ3) is 3.13. The summed E-state index contributed by atoms with van der Waals surface area (Å²) in [5.41, 5.74) is 3.92. The molecule has 112 valence electrons. The quantitative estimate of drug-likeness (QED) is 0.901. The molecule has 0 saturated heterocycles. The van der Waals surface area contributed by atoms with E-state index in [0.29, 0.717) is 11.3 Å². The molecule has 1 atom stereocenters. The first-order chi connectivity index (χ1) is 9.91. The van der Waals surface area contributed by atoms with Crippen molar-refractivity contribution in [2.75, 3.05) is 6.54 Å². The number of carbonyl (C=O) groups excluding carboxylic acids is 1. The van der Waals surface area contributed by atoms with Crippen LogP contribution in [0, 0.1) is 20.8 Å². The molecule has 0 spiro atoms. The van der Waals surface area contributed by atoms with E-state index in [1.54, 1.807) is 18.7 Å². The first-order valence-electron chi connectivity index (χ1n) is 6.93. The zero-order chi connectivity index (χ0) is 15.6. The first-order valence-corrected chi connectivity index (χ1v) is 6.93. The van der Waals surface area contributed by atoms with Crippen LogP contribution in [0.2, 0.25) is 0 Å². The third-order valence-corrected chi connectivity index (χ3v) is 3.74. The minimum atomic E-state index is -0.715. The van der Waals surface area contributed by atoms with Crippen molar-refractivity contribution in [2.24, 2.45) is 7.05 Å². The summed E-state index contributed by atoms with van der Waals surface area (Å²) in [5, 5.41) is 17.2. The van der Waals surface area contributed by atoms with Crippen molar-refractivity contribution < 1.29 is 9.90 Å². The number of amides is 1. The van der Waals surface area contributed by atoms with Crippen LogP contribution in [0.1, 0.15) is 39.0 Å².